The first-order valence-electron chi connectivity index (χ1n) is 3.18. The molecule has 0 saturated carbocycles. The third-order valence-corrected chi connectivity index (χ3v) is 3.35. The van der Waals surface area contributed by atoms with Crippen LogP contribution in [0.2, 0.25) is 0 Å². The molecule has 0 fully saturated rings. The van der Waals surface area contributed by atoms with Crippen molar-refractivity contribution in [2.75, 3.05) is 0 Å². The van der Waals surface area contributed by atoms with E-state index in [-0.39, 0.29) is 0 Å². The Morgan fingerprint density at radius 2 is 2.00 bits per heavy atom. The van der Waals surface area contributed by atoms with E-state index in [0.29, 0.717) is 10.0 Å². The molecule has 1 aromatic rings. The van der Waals surface area contributed by atoms with Crippen molar-refractivity contribution in [3.63, 3.8) is 0 Å². The third kappa shape index (κ3) is 1.90. The van der Waals surface area contributed by atoms with Gasteiger partial charge in [-0.2, -0.15) is 0 Å². The van der Waals surface area contributed by atoms with Gasteiger partial charge in [0.15, 0.2) is 0 Å². The van der Waals surface area contributed by atoms with E-state index in [0.717, 1.165) is 10.0 Å². The van der Waals surface area contributed by atoms with Crippen LogP contribution in [-0.4, -0.2) is 5.24 Å². The van der Waals surface area contributed by atoms with Crippen LogP contribution in [0, 0.1) is 6.92 Å². The summed E-state index contributed by atoms with van der Waals surface area (Å²) in [5, 5.41) is -0.461. The molecule has 1 aromatic carbocycles. The molecule has 12 heavy (non-hydrogen) atoms. The first kappa shape index (κ1) is 10.2. The average molecular weight is 312 g/mol. The van der Waals surface area contributed by atoms with Crippen LogP contribution in [0.25, 0.3) is 0 Å². The van der Waals surface area contributed by atoms with Gasteiger partial charge in [-0.3, -0.25) is 4.79 Å². The van der Waals surface area contributed by atoms with Gasteiger partial charge in [-0.05, 0) is 62.0 Å². The second kappa shape index (κ2) is 3.90. The van der Waals surface area contributed by atoms with Crippen molar-refractivity contribution in [2.45, 2.75) is 6.92 Å². The fraction of sp³-hybridized carbons (Fsp3) is 0.125. The van der Waals surface area contributed by atoms with Gasteiger partial charge < -0.3 is 0 Å². The second-order valence-electron chi connectivity index (χ2n) is 2.33. The molecule has 0 spiro atoms. The molecule has 0 atom stereocenters. The summed E-state index contributed by atoms with van der Waals surface area (Å²) in [6, 6.07) is 3.70. The molecule has 0 aromatic heterocycles. The van der Waals surface area contributed by atoms with Crippen LogP contribution < -0.4 is 0 Å². The minimum atomic E-state index is -0.461. The van der Waals surface area contributed by atoms with Crippen molar-refractivity contribution in [2.24, 2.45) is 0 Å². The average Bonchev–Trinajstić information content (AvgIpc) is 1.97. The van der Waals surface area contributed by atoms with Gasteiger partial charge in [-0.15, -0.1) is 0 Å². The fourth-order valence-electron chi connectivity index (χ4n) is 0.837. The van der Waals surface area contributed by atoms with E-state index in [1.54, 1.807) is 6.07 Å². The van der Waals surface area contributed by atoms with E-state index in [1.165, 1.54) is 0 Å². The molecule has 1 nitrogen and oxygen atoms in total. The Kier molecular flexibility index (Phi) is 3.32. The van der Waals surface area contributed by atoms with Gasteiger partial charge in [-0.25, -0.2) is 0 Å². The molecule has 0 aliphatic heterocycles. The minimum Gasteiger partial charge on any atom is -0.276 e. The molecule has 4 heteroatoms. The number of hydrogen-bond acceptors (Lipinski definition) is 1. The summed E-state index contributed by atoms with van der Waals surface area (Å²) in [4.78, 5) is 10.9. The normalized spacial score (nSPS) is 10.0. The van der Waals surface area contributed by atoms with Crippen molar-refractivity contribution < 1.29 is 4.79 Å². The monoisotopic (exact) mass is 310 g/mol. The maximum atomic E-state index is 10.9. The van der Waals surface area contributed by atoms with Crippen LogP contribution >= 0.6 is 43.5 Å². The van der Waals surface area contributed by atoms with Crippen molar-refractivity contribution in [1.82, 2.24) is 0 Å². The predicted octanol–water partition coefficient (Wildman–Crippen LogP) is 3.90. The molecular weight excluding hydrogens is 307 g/mol. The summed E-state index contributed by atoms with van der Waals surface area (Å²) in [6.45, 7) is 1.90. The highest BCUT2D eigenvalue weighted by molar-refractivity contribution is 9.11. The van der Waals surface area contributed by atoms with Gasteiger partial charge in [0, 0.05) is 8.95 Å². The highest BCUT2D eigenvalue weighted by Gasteiger charge is 2.12. The maximum Gasteiger partial charge on any atom is 0.254 e. The number of aryl methyl sites for hydroxylation is 1. The summed E-state index contributed by atoms with van der Waals surface area (Å²) >= 11 is 11.9. The van der Waals surface area contributed by atoms with Crippen LogP contribution in [0.5, 0.6) is 0 Å². The Balaban J connectivity index is 3.43. The lowest BCUT2D eigenvalue weighted by atomic mass is 10.1. The van der Waals surface area contributed by atoms with Crippen LogP contribution in [0.15, 0.2) is 21.1 Å². The van der Waals surface area contributed by atoms with E-state index in [9.17, 15) is 4.79 Å². The molecule has 0 unspecified atom stereocenters. The molecule has 0 aliphatic rings. The number of carbonyl (C=O) groups excluding carboxylic acids is 1. The summed E-state index contributed by atoms with van der Waals surface area (Å²) in [6.07, 6.45) is 0. The molecule has 0 N–H and O–H groups in total. The summed E-state index contributed by atoms with van der Waals surface area (Å²) < 4.78 is 1.46. The summed E-state index contributed by atoms with van der Waals surface area (Å²) in [5.41, 5.74) is 1.47. The Morgan fingerprint density at radius 3 is 2.42 bits per heavy atom. The number of benzene rings is 1. The Hall–Kier alpha value is 0.140. The van der Waals surface area contributed by atoms with Gasteiger partial charge in [0.25, 0.3) is 5.24 Å². The first-order chi connectivity index (χ1) is 5.54. The predicted molar refractivity (Wildman–Crippen MR) is 56.8 cm³/mol. The molecule has 0 amide bonds. The number of hydrogen-bond donors (Lipinski definition) is 0. The van der Waals surface area contributed by atoms with Crippen LogP contribution in [-0.2, 0) is 0 Å². The summed E-state index contributed by atoms with van der Waals surface area (Å²) in [5.74, 6) is 0. The smallest absolute Gasteiger partial charge is 0.254 e. The van der Waals surface area contributed by atoms with Crippen molar-refractivity contribution in [1.29, 1.82) is 0 Å². The molecular formula is C8H5Br2ClO. The van der Waals surface area contributed by atoms with Gasteiger partial charge in [0.2, 0.25) is 0 Å². The zero-order valence-corrected chi connectivity index (χ0v) is 10.1. The third-order valence-electron chi connectivity index (χ3n) is 1.48. The number of rotatable bonds is 1. The lowest BCUT2D eigenvalue weighted by molar-refractivity contribution is 0.108. The molecule has 0 heterocycles. The van der Waals surface area contributed by atoms with Crippen molar-refractivity contribution >= 4 is 48.7 Å². The van der Waals surface area contributed by atoms with Crippen molar-refractivity contribution in [3.8, 4) is 0 Å². The summed E-state index contributed by atoms with van der Waals surface area (Å²) in [7, 11) is 0. The van der Waals surface area contributed by atoms with Gasteiger partial charge in [-0.1, -0.05) is 6.07 Å². The first-order valence-corrected chi connectivity index (χ1v) is 5.15. The molecule has 64 valence electrons. The van der Waals surface area contributed by atoms with E-state index in [2.05, 4.69) is 31.9 Å². The zero-order chi connectivity index (χ0) is 9.30. The van der Waals surface area contributed by atoms with Crippen LogP contribution in [0.1, 0.15) is 15.9 Å². The van der Waals surface area contributed by atoms with Crippen molar-refractivity contribution in [3.05, 3.63) is 32.2 Å². The Labute approximate surface area is 92.4 Å². The standard InChI is InChI=1S/C8H5Br2ClO/c1-4-2-3-5(9)6(7(4)10)8(11)12/h2-3H,1H3. The Morgan fingerprint density at radius 1 is 1.42 bits per heavy atom. The quantitative estimate of drug-likeness (QED) is 0.719. The molecule has 0 radical (unpaired) electrons. The highest BCUT2D eigenvalue weighted by atomic mass is 79.9. The molecule has 0 aliphatic carbocycles. The maximum absolute atomic E-state index is 10.9. The molecule has 1 rings (SSSR count). The molecule has 0 bridgehead atoms. The Bertz CT molecular complexity index is 336. The second-order valence-corrected chi connectivity index (χ2v) is 4.32. The van der Waals surface area contributed by atoms with Gasteiger partial charge >= 0.3 is 0 Å². The lowest BCUT2D eigenvalue weighted by Crippen LogP contribution is -1.94. The number of halogens is 3. The topological polar surface area (TPSA) is 17.1 Å². The highest BCUT2D eigenvalue weighted by Crippen LogP contribution is 2.29. The zero-order valence-electron chi connectivity index (χ0n) is 6.20. The van der Waals surface area contributed by atoms with E-state index >= 15 is 0 Å². The fourth-order valence-corrected chi connectivity index (χ4v) is 2.56. The van der Waals surface area contributed by atoms with E-state index in [4.69, 9.17) is 11.6 Å². The molecule has 0 saturated heterocycles. The SMILES string of the molecule is Cc1ccc(Br)c(C(=O)Cl)c1Br. The van der Waals surface area contributed by atoms with E-state index in [1.807, 2.05) is 13.0 Å². The minimum absolute atomic E-state index is 0.461. The van der Waals surface area contributed by atoms with Gasteiger partial charge in [0.05, 0.1) is 5.56 Å². The van der Waals surface area contributed by atoms with Gasteiger partial charge in [0.1, 0.15) is 0 Å². The lowest BCUT2D eigenvalue weighted by Gasteiger charge is -2.04. The van der Waals surface area contributed by atoms with Crippen LogP contribution in [0.4, 0.5) is 0 Å². The van der Waals surface area contributed by atoms with Crippen LogP contribution in [0.3, 0.4) is 0 Å². The van der Waals surface area contributed by atoms with E-state index < -0.39 is 5.24 Å². The largest absolute Gasteiger partial charge is 0.276 e. The number of carbonyl (C=O) groups is 1.